The highest BCUT2D eigenvalue weighted by Gasteiger charge is 2.13. The summed E-state index contributed by atoms with van der Waals surface area (Å²) in [6.07, 6.45) is 6.45. The molecule has 21 heavy (non-hydrogen) atoms. The maximum Gasteiger partial charge on any atom is 0.159 e. The first-order valence-corrected chi connectivity index (χ1v) is 7.79. The van der Waals surface area contributed by atoms with Crippen LogP contribution in [0.5, 0.6) is 0 Å². The Morgan fingerprint density at radius 2 is 1.57 bits per heavy atom. The summed E-state index contributed by atoms with van der Waals surface area (Å²) in [6.45, 7) is 8.43. The maximum absolute atomic E-state index is 4.78. The van der Waals surface area contributed by atoms with Crippen molar-refractivity contribution in [2.75, 3.05) is 13.1 Å². The second kappa shape index (κ2) is 7.84. The summed E-state index contributed by atoms with van der Waals surface area (Å²) in [5, 5.41) is 3.38. The molecule has 0 aromatic carbocycles. The molecule has 2 rings (SSSR count). The van der Waals surface area contributed by atoms with Crippen LogP contribution >= 0.6 is 0 Å². The van der Waals surface area contributed by atoms with Crippen molar-refractivity contribution in [3.8, 4) is 11.4 Å². The highest BCUT2D eigenvalue weighted by Crippen LogP contribution is 2.20. The standard InChI is InChI=1S/C17H24N4/c1-4-15-14(9-12-18-6-3)16(5-2)21-17(20-15)13-7-10-19-11-8-13/h7-8,10-11,18H,4-6,9,12H2,1-3H3. The third-order valence-electron chi connectivity index (χ3n) is 3.59. The van der Waals surface area contributed by atoms with Crippen LogP contribution in [0.2, 0.25) is 0 Å². The van der Waals surface area contributed by atoms with E-state index in [0.29, 0.717) is 0 Å². The Hall–Kier alpha value is -1.81. The molecule has 0 atom stereocenters. The Morgan fingerprint density at radius 3 is 2.10 bits per heavy atom. The van der Waals surface area contributed by atoms with Gasteiger partial charge in [-0.15, -0.1) is 0 Å². The van der Waals surface area contributed by atoms with Crippen molar-refractivity contribution in [3.63, 3.8) is 0 Å². The first-order chi connectivity index (χ1) is 10.3. The van der Waals surface area contributed by atoms with Crippen LogP contribution in [0.1, 0.15) is 37.7 Å². The van der Waals surface area contributed by atoms with Crippen LogP contribution in [0, 0.1) is 0 Å². The highest BCUT2D eigenvalue weighted by atomic mass is 14.9. The van der Waals surface area contributed by atoms with Gasteiger partial charge in [-0.1, -0.05) is 20.8 Å². The van der Waals surface area contributed by atoms with Crippen LogP contribution in [-0.4, -0.2) is 28.0 Å². The number of nitrogens with one attached hydrogen (secondary N) is 1. The van der Waals surface area contributed by atoms with E-state index in [1.807, 2.05) is 12.1 Å². The number of nitrogens with zero attached hydrogens (tertiary/aromatic N) is 3. The van der Waals surface area contributed by atoms with E-state index >= 15 is 0 Å². The van der Waals surface area contributed by atoms with Crippen LogP contribution in [0.25, 0.3) is 11.4 Å². The van der Waals surface area contributed by atoms with Crippen molar-refractivity contribution in [2.45, 2.75) is 40.0 Å². The van der Waals surface area contributed by atoms with Gasteiger partial charge in [-0.2, -0.15) is 0 Å². The van der Waals surface area contributed by atoms with E-state index in [1.165, 1.54) is 17.0 Å². The van der Waals surface area contributed by atoms with Gasteiger partial charge in [-0.25, -0.2) is 9.97 Å². The van der Waals surface area contributed by atoms with Gasteiger partial charge in [0.05, 0.1) is 0 Å². The van der Waals surface area contributed by atoms with E-state index in [2.05, 4.69) is 31.1 Å². The molecule has 0 saturated heterocycles. The van der Waals surface area contributed by atoms with Gasteiger partial charge in [0.25, 0.3) is 0 Å². The third-order valence-corrected chi connectivity index (χ3v) is 3.59. The van der Waals surface area contributed by atoms with Crippen molar-refractivity contribution in [3.05, 3.63) is 41.5 Å². The second-order valence-electron chi connectivity index (χ2n) is 4.97. The molecule has 2 aromatic rings. The number of rotatable bonds is 7. The largest absolute Gasteiger partial charge is 0.317 e. The molecule has 0 bridgehead atoms. The minimum absolute atomic E-state index is 0.818. The predicted molar refractivity (Wildman–Crippen MR) is 86.3 cm³/mol. The Labute approximate surface area is 127 Å². The summed E-state index contributed by atoms with van der Waals surface area (Å²) in [7, 11) is 0. The molecular weight excluding hydrogens is 260 g/mol. The lowest BCUT2D eigenvalue weighted by atomic mass is 10.0. The number of hydrogen-bond donors (Lipinski definition) is 1. The molecular formula is C17H24N4. The molecule has 0 radical (unpaired) electrons. The average molecular weight is 284 g/mol. The third kappa shape index (κ3) is 3.85. The second-order valence-corrected chi connectivity index (χ2v) is 4.97. The molecule has 112 valence electrons. The quantitative estimate of drug-likeness (QED) is 0.794. The molecule has 0 amide bonds. The zero-order chi connectivity index (χ0) is 15.1. The molecule has 2 aromatic heterocycles. The monoisotopic (exact) mass is 284 g/mol. The normalized spacial score (nSPS) is 10.8. The Balaban J connectivity index is 2.38. The number of aryl methyl sites for hydroxylation is 2. The van der Waals surface area contributed by atoms with E-state index in [-0.39, 0.29) is 0 Å². The van der Waals surface area contributed by atoms with Gasteiger partial charge in [-0.3, -0.25) is 4.98 Å². The predicted octanol–water partition coefficient (Wildman–Crippen LogP) is 2.82. The molecule has 0 aliphatic carbocycles. The lowest BCUT2D eigenvalue weighted by molar-refractivity contribution is 0.702. The Bertz CT molecular complexity index is 541. The smallest absolute Gasteiger partial charge is 0.159 e. The summed E-state index contributed by atoms with van der Waals surface area (Å²) in [6, 6.07) is 3.93. The fourth-order valence-corrected chi connectivity index (χ4v) is 2.48. The molecule has 1 N–H and O–H groups in total. The summed E-state index contributed by atoms with van der Waals surface area (Å²) in [5.41, 5.74) is 4.70. The average Bonchev–Trinajstić information content (AvgIpc) is 2.55. The number of aromatic nitrogens is 3. The highest BCUT2D eigenvalue weighted by molar-refractivity contribution is 5.54. The van der Waals surface area contributed by atoms with Crippen molar-refractivity contribution < 1.29 is 0 Å². The number of pyridine rings is 1. The van der Waals surface area contributed by atoms with E-state index in [4.69, 9.17) is 9.97 Å². The van der Waals surface area contributed by atoms with Gasteiger partial charge in [0, 0.05) is 29.3 Å². The van der Waals surface area contributed by atoms with Crippen molar-refractivity contribution in [1.29, 1.82) is 0 Å². The first-order valence-electron chi connectivity index (χ1n) is 7.79. The molecule has 0 unspecified atom stereocenters. The fourth-order valence-electron chi connectivity index (χ4n) is 2.48. The van der Waals surface area contributed by atoms with Crippen molar-refractivity contribution in [1.82, 2.24) is 20.3 Å². The van der Waals surface area contributed by atoms with Gasteiger partial charge in [0.15, 0.2) is 5.82 Å². The number of hydrogen-bond acceptors (Lipinski definition) is 4. The Kier molecular flexibility index (Phi) is 5.81. The summed E-state index contributed by atoms with van der Waals surface area (Å²) in [4.78, 5) is 13.6. The van der Waals surface area contributed by atoms with Crippen molar-refractivity contribution >= 4 is 0 Å². The van der Waals surface area contributed by atoms with Gasteiger partial charge in [0.2, 0.25) is 0 Å². The van der Waals surface area contributed by atoms with E-state index in [1.54, 1.807) is 12.4 Å². The van der Waals surface area contributed by atoms with E-state index in [0.717, 1.165) is 43.7 Å². The zero-order valence-corrected chi connectivity index (χ0v) is 13.2. The SMILES string of the molecule is CCNCCc1c(CC)nc(-c2ccncc2)nc1CC. The summed E-state index contributed by atoms with van der Waals surface area (Å²) < 4.78 is 0. The first kappa shape index (κ1) is 15.6. The molecule has 4 heteroatoms. The zero-order valence-electron chi connectivity index (χ0n) is 13.2. The lowest BCUT2D eigenvalue weighted by Crippen LogP contribution is -2.18. The van der Waals surface area contributed by atoms with E-state index in [9.17, 15) is 0 Å². The van der Waals surface area contributed by atoms with Crippen LogP contribution in [0.15, 0.2) is 24.5 Å². The lowest BCUT2D eigenvalue weighted by Gasteiger charge is -2.14. The summed E-state index contributed by atoms with van der Waals surface area (Å²) in [5.74, 6) is 0.818. The molecule has 0 aliphatic rings. The van der Waals surface area contributed by atoms with Crippen LogP contribution in [-0.2, 0) is 19.3 Å². The van der Waals surface area contributed by atoms with Crippen LogP contribution in [0.3, 0.4) is 0 Å². The molecule has 0 spiro atoms. The summed E-state index contributed by atoms with van der Waals surface area (Å²) >= 11 is 0. The van der Waals surface area contributed by atoms with Crippen LogP contribution < -0.4 is 5.32 Å². The molecule has 4 nitrogen and oxygen atoms in total. The fraction of sp³-hybridized carbons (Fsp3) is 0.471. The van der Waals surface area contributed by atoms with Gasteiger partial charge >= 0.3 is 0 Å². The Morgan fingerprint density at radius 1 is 0.952 bits per heavy atom. The molecule has 0 aliphatic heterocycles. The van der Waals surface area contributed by atoms with Crippen LogP contribution in [0.4, 0.5) is 0 Å². The van der Waals surface area contributed by atoms with E-state index < -0.39 is 0 Å². The minimum Gasteiger partial charge on any atom is -0.317 e. The van der Waals surface area contributed by atoms with Crippen molar-refractivity contribution in [2.24, 2.45) is 0 Å². The minimum atomic E-state index is 0.818. The molecule has 0 fully saturated rings. The van der Waals surface area contributed by atoms with Gasteiger partial charge < -0.3 is 5.32 Å². The van der Waals surface area contributed by atoms with Gasteiger partial charge in [-0.05, 0) is 50.0 Å². The number of likely N-dealkylation sites (N-methyl/N-ethyl adjacent to an activating group) is 1. The topological polar surface area (TPSA) is 50.7 Å². The molecule has 2 heterocycles. The van der Waals surface area contributed by atoms with Gasteiger partial charge in [0.1, 0.15) is 0 Å². The maximum atomic E-state index is 4.78. The molecule has 0 saturated carbocycles.